The molecule has 0 spiro atoms. The Morgan fingerprint density at radius 1 is 1.10 bits per heavy atom. The maximum Gasteiger partial charge on any atom is 0.308 e. The summed E-state index contributed by atoms with van der Waals surface area (Å²) in [6.07, 6.45) is 4.99. The fourth-order valence-electron chi connectivity index (χ4n) is 2.94. The molecule has 0 aromatic rings. The number of nitrogens with one attached hydrogen (secondary N) is 1. The lowest BCUT2D eigenvalue weighted by molar-refractivity contribution is -0.148. The van der Waals surface area contributed by atoms with Gasteiger partial charge in [0.2, 0.25) is 5.91 Å². The van der Waals surface area contributed by atoms with Gasteiger partial charge in [0.15, 0.2) is 0 Å². The summed E-state index contributed by atoms with van der Waals surface area (Å²) in [4.78, 5) is 23.2. The van der Waals surface area contributed by atoms with Gasteiger partial charge in [0.1, 0.15) is 6.61 Å². The molecule has 1 aliphatic carbocycles. The van der Waals surface area contributed by atoms with E-state index in [1.807, 2.05) is 0 Å². The molecule has 0 atom stereocenters. The number of carbonyl (C=O) groups is 2. The first-order valence-corrected chi connectivity index (χ1v) is 7.75. The second-order valence-corrected chi connectivity index (χ2v) is 5.76. The van der Waals surface area contributed by atoms with Gasteiger partial charge >= 0.3 is 5.97 Å². The van der Waals surface area contributed by atoms with E-state index in [2.05, 4.69) is 5.32 Å². The lowest BCUT2D eigenvalue weighted by atomic mass is 9.87. The number of ether oxygens (including phenoxy) is 3. The van der Waals surface area contributed by atoms with Crippen molar-refractivity contribution in [2.45, 2.75) is 50.7 Å². The summed E-state index contributed by atoms with van der Waals surface area (Å²) in [6, 6.07) is 0.213. The molecule has 1 saturated heterocycles. The predicted molar refractivity (Wildman–Crippen MR) is 75.7 cm³/mol. The van der Waals surface area contributed by atoms with Crippen molar-refractivity contribution in [1.29, 1.82) is 0 Å². The summed E-state index contributed by atoms with van der Waals surface area (Å²) < 4.78 is 15.7. The molecule has 0 aromatic carbocycles. The van der Waals surface area contributed by atoms with Gasteiger partial charge in [-0.25, -0.2) is 0 Å². The lowest BCUT2D eigenvalue weighted by Crippen LogP contribution is -2.41. The third-order valence-electron chi connectivity index (χ3n) is 4.25. The van der Waals surface area contributed by atoms with Crippen LogP contribution >= 0.6 is 0 Å². The number of esters is 1. The van der Waals surface area contributed by atoms with Crippen molar-refractivity contribution in [3.8, 4) is 0 Å². The van der Waals surface area contributed by atoms with Gasteiger partial charge in [0.25, 0.3) is 0 Å². The van der Waals surface area contributed by atoms with Crippen LogP contribution in [0.3, 0.4) is 0 Å². The van der Waals surface area contributed by atoms with Crippen LogP contribution in [0.1, 0.15) is 38.5 Å². The van der Waals surface area contributed by atoms with E-state index in [0.717, 1.165) is 38.5 Å². The highest BCUT2D eigenvalue weighted by molar-refractivity contribution is 5.77. The fourth-order valence-corrected chi connectivity index (χ4v) is 2.94. The summed E-state index contributed by atoms with van der Waals surface area (Å²) >= 11 is 0. The summed E-state index contributed by atoms with van der Waals surface area (Å²) in [6.45, 7) is 1.53. The van der Waals surface area contributed by atoms with Crippen LogP contribution in [0.15, 0.2) is 0 Å². The summed E-state index contributed by atoms with van der Waals surface area (Å²) in [7, 11) is 1.42. The van der Waals surface area contributed by atoms with E-state index in [1.54, 1.807) is 0 Å². The first kappa shape index (κ1) is 16.2. The van der Waals surface area contributed by atoms with Gasteiger partial charge in [-0.1, -0.05) is 0 Å². The number of methoxy groups -OCH3 is 1. The molecule has 120 valence electrons. The van der Waals surface area contributed by atoms with Crippen LogP contribution in [0.5, 0.6) is 0 Å². The van der Waals surface area contributed by atoms with Crippen LogP contribution in [0.4, 0.5) is 0 Å². The van der Waals surface area contributed by atoms with E-state index in [0.29, 0.717) is 13.2 Å². The number of rotatable bonds is 5. The SMILES string of the molecule is COC(=O)C1CCC(OCC(=O)NC2CCOCC2)CC1. The molecule has 0 radical (unpaired) electrons. The first-order valence-electron chi connectivity index (χ1n) is 7.75. The standard InChI is InChI=1S/C15H25NO5/c1-19-15(18)11-2-4-13(5-3-11)21-10-14(17)16-12-6-8-20-9-7-12/h11-13H,2-10H2,1H3,(H,16,17). The van der Waals surface area contributed by atoms with Gasteiger partial charge in [-0.05, 0) is 38.5 Å². The van der Waals surface area contributed by atoms with Crippen molar-refractivity contribution >= 4 is 11.9 Å². The average Bonchev–Trinajstić information content (AvgIpc) is 2.53. The second kappa shape index (κ2) is 8.34. The largest absolute Gasteiger partial charge is 0.469 e. The van der Waals surface area contributed by atoms with Crippen molar-refractivity contribution in [2.24, 2.45) is 5.92 Å². The van der Waals surface area contributed by atoms with Crippen molar-refractivity contribution in [2.75, 3.05) is 26.9 Å². The molecule has 1 aliphatic heterocycles. The number of carbonyl (C=O) groups excluding carboxylic acids is 2. The molecule has 0 bridgehead atoms. The lowest BCUT2D eigenvalue weighted by Gasteiger charge is -2.27. The second-order valence-electron chi connectivity index (χ2n) is 5.76. The Balaban J connectivity index is 1.60. The Morgan fingerprint density at radius 2 is 1.76 bits per heavy atom. The molecule has 1 heterocycles. The van der Waals surface area contributed by atoms with E-state index < -0.39 is 0 Å². The van der Waals surface area contributed by atoms with Crippen molar-refractivity contribution in [1.82, 2.24) is 5.32 Å². The Bertz CT molecular complexity index is 346. The Morgan fingerprint density at radius 3 is 2.38 bits per heavy atom. The number of hydrogen-bond acceptors (Lipinski definition) is 5. The summed E-state index contributed by atoms with van der Waals surface area (Å²) in [5, 5.41) is 2.98. The molecular formula is C15H25NO5. The van der Waals surface area contributed by atoms with Crippen LogP contribution in [0.2, 0.25) is 0 Å². The monoisotopic (exact) mass is 299 g/mol. The molecule has 1 amide bonds. The Labute approximate surface area is 125 Å². The van der Waals surface area contributed by atoms with E-state index in [-0.39, 0.29) is 36.5 Å². The molecule has 21 heavy (non-hydrogen) atoms. The molecule has 1 N–H and O–H groups in total. The minimum atomic E-state index is -0.134. The fraction of sp³-hybridized carbons (Fsp3) is 0.867. The molecule has 2 fully saturated rings. The molecule has 2 aliphatic rings. The summed E-state index contributed by atoms with van der Waals surface area (Å²) in [5.74, 6) is -0.200. The molecule has 0 aromatic heterocycles. The third-order valence-corrected chi connectivity index (χ3v) is 4.25. The first-order chi connectivity index (χ1) is 10.2. The van der Waals surface area contributed by atoms with E-state index >= 15 is 0 Å². The number of hydrogen-bond donors (Lipinski definition) is 1. The average molecular weight is 299 g/mol. The Kier molecular flexibility index (Phi) is 6.45. The van der Waals surface area contributed by atoms with Crippen LogP contribution in [0, 0.1) is 5.92 Å². The normalized spacial score (nSPS) is 27.1. The smallest absolute Gasteiger partial charge is 0.308 e. The van der Waals surface area contributed by atoms with E-state index in [4.69, 9.17) is 14.2 Å². The molecule has 0 unspecified atom stereocenters. The minimum absolute atomic E-state index is 0.00841. The highest BCUT2D eigenvalue weighted by Crippen LogP contribution is 2.26. The van der Waals surface area contributed by atoms with E-state index in [1.165, 1.54) is 7.11 Å². The van der Waals surface area contributed by atoms with Crippen LogP contribution in [-0.4, -0.2) is 51.0 Å². The van der Waals surface area contributed by atoms with Crippen LogP contribution in [0.25, 0.3) is 0 Å². The maximum absolute atomic E-state index is 11.8. The maximum atomic E-state index is 11.8. The van der Waals surface area contributed by atoms with Gasteiger partial charge in [0.05, 0.1) is 19.1 Å². The molecule has 6 nitrogen and oxygen atoms in total. The zero-order valence-electron chi connectivity index (χ0n) is 12.6. The highest BCUT2D eigenvalue weighted by atomic mass is 16.5. The van der Waals surface area contributed by atoms with Gasteiger partial charge in [-0.15, -0.1) is 0 Å². The molecular weight excluding hydrogens is 274 g/mol. The highest BCUT2D eigenvalue weighted by Gasteiger charge is 2.27. The van der Waals surface area contributed by atoms with Gasteiger partial charge < -0.3 is 19.5 Å². The zero-order valence-corrected chi connectivity index (χ0v) is 12.6. The van der Waals surface area contributed by atoms with Gasteiger partial charge in [0, 0.05) is 19.3 Å². The number of amides is 1. The van der Waals surface area contributed by atoms with Crippen molar-refractivity contribution < 1.29 is 23.8 Å². The van der Waals surface area contributed by atoms with Crippen molar-refractivity contribution in [3.63, 3.8) is 0 Å². The molecule has 6 heteroatoms. The quantitative estimate of drug-likeness (QED) is 0.768. The van der Waals surface area contributed by atoms with Gasteiger partial charge in [-0.3, -0.25) is 9.59 Å². The predicted octanol–water partition coefficient (Wildman–Crippen LogP) is 1.03. The summed E-state index contributed by atoms with van der Waals surface area (Å²) in [5.41, 5.74) is 0. The van der Waals surface area contributed by atoms with Gasteiger partial charge in [-0.2, -0.15) is 0 Å². The third kappa shape index (κ3) is 5.28. The van der Waals surface area contributed by atoms with E-state index in [9.17, 15) is 9.59 Å². The minimum Gasteiger partial charge on any atom is -0.469 e. The molecule has 2 rings (SSSR count). The Hall–Kier alpha value is -1.14. The topological polar surface area (TPSA) is 73.9 Å². The van der Waals surface area contributed by atoms with Crippen LogP contribution < -0.4 is 5.32 Å². The van der Waals surface area contributed by atoms with Crippen LogP contribution in [-0.2, 0) is 23.8 Å². The van der Waals surface area contributed by atoms with Crippen molar-refractivity contribution in [3.05, 3.63) is 0 Å². The molecule has 1 saturated carbocycles. The zero-order chi connectivity index (χ0) is 15.1.